The molecule has 1 aliphatic carbocycles. The molecule has 4 heteroatoms. The van der Waals surface area contributed by atoms with Crippen molar-refractivity contribution in [3.05, 3.63) is 11.7 Å². The highest BCUT2D eigenvalue weighted by molar-refractivity contribution is 4.97. The van der Waals surface area contributed by atoms with E-state index in [1.165, 1.54) is 38.5 Å². The smallest absolute Gasteiger partial charge is 0.226 e. The third kappa shape index (κ3) is 4.60. The largest absolute Gasteiger partial charge is 0.339 e. The minimum Gasteiger partial charge on any atom is -0.339 e. The zero-order valence-corrected chi connectivity index (χ0v) is 12.1. The highest BCUT2D eigenvalue weighted by Crippen LogP contribution is 2.34. The lowest BCUT2D eigenvalue weighted by molar-refractivity contribution is 0.319. The van der Waals surface area contributed by atoms with E-state index in [0.29, 0.717) is 5.92 Å². The van der Waals surface area contributed by atoms with Crippen LogP contribution in [0, 0.1) is 5.92 Å². The average molecular weight is 265 g/mol. The van der Waals surface area contributed by atoms with E-state index >= 15 is 0 Å². The summed E-state index contributed by atoms with van der Waals surface area (Å²) in [6.07, 6.45) is 10.7. The van der Waals surface area contributed by atoms with Crippen LogP contribution in [-0.4, -0.2) is 16.7 Å². The molecule has 2 unspecified atom stereocenters. The van der Waals surface area contributed by atoms with Gasteiger partial charge in [-0.2, -0.15) is 4.98 Å². The lowest BCUT2D eigenvalue weighted by atomic mass is 9.82. The fourth-order valence-electron chi connectivity index (χ4n) is 2.98. The Morgan fingerprint density at radius 2 is 2.05 bits per heavy atom. The molecular formula is C15H27N3O. The van der Waals surface area contributed by atoms with E-state index < -0.39 is 0 Å². The maximum atomic E-state index is 5.48. The number of hydrogen-bond donors (Lipinski definition) is 1. The van der Waals surface area contributed by atoms with Gasteiger partial charge in [-0.15, -0.1) is 0 Å². The summed E-state index contributed by atoms with van der Waals surface area (Å²) in [6, 6.07) is 0. The third-order valence-electron chi connectivity index (χ3n) is 4.13. The van der Waals surface area contributed by atoms with Crippen molar-refractivity contribution in [1.82, 2.24) is 10.1 Å². The topological polar surface area (TPSA) is 64.9 Å². The highest BCUT2D eigenvalue weighted by Gasteiger charge is 2.24. The van der Waals surface area contributed by atoms with Crippen LogP contribution in [0.1, 0.15) is 75.9 Å². The van der Waals surface area contributed by atoms with Gasteiger partial charge >= 0.3 is 0 Å². The molecule has 2 N–H and O–H groups in total. The summed E-state index contributed by atoms with van der Waals surface area (Å²) in [7, 11) is 0. The molecule has 1 saturated carbocycles. The van der Waals surface area contributed by atoms with Crippen molar-refractivity contribution in [2.24, 2.45) is 11.7 Å². The predicted octanol–water partition coefficient (Wildman–Crippen LogP) is 3.42. The van der Waals surface area contributed by atoms with Crippen molar-refractivity contribution in [2.75, 3.05) is 6.54 Å². The Bertz CT molecular complexity index is 364. The van der Waals surface area contributed by atoms with Crippen molar-refractivity contribution in [3.63, 3.8) is 0 Å². The van der Waals surface area contributed by atoms with E-state index in [2.05, 4.69) is 17.1 Å². The molecule has 1 heterocycles. The van der Waals surface area contributed by atoms with Crippen LogP contribution in [0.4, 0.5) is 0 Å². The van der Waals surface area contributed by atoms with Crippen molar-refractivity contribution in [1.29, 1.82) is 0 Å². The molecule has 0 aliphatic heterocycles. The van der Waals surface area contributed by atoms with Gasteiger partial charge in [-0.3, -0.25) is 0 Å². The molecule has 1 aromatic rings. The van der Waals surface area contributed by atoms with Gasteiger partial charge in [0.2, 0.25) is 5.89 Å². The van der Waals surface area contributed by atoms with Crippen molar-refractivity contribution in [2.45, 2.75) is 70.6 Å². The second kappa shape index (κ2) is 7.63. The minimum atomic E-state index is 0.526. The average Bonchev–Trinajstić information content (AvgIpc) is 2.87. The first-order chi connectivity index (χ1) is 9.29. The van der Waals surface area contributed by atoms with Crippen LogP contribution in [-0.2, 0) is 6.42 Å². The number of aryl methyl sites for hydroxylation is 1. The van der Waals surface area contributed by atoms with E-state index in [9.17, 15) is 0 Å². The number of unbranched alkanes of at least 4 members (excludes halogenated alkanes) is 3. The predicted molar refractivity (Wildman–Crippen MR) is 75.9 cm³/mol. The first-order valence-electron chi connectivity index (χ1n) is 7.82. The lowest BCUT2D eigenvalue weighted by Crippen LogP contribution is -2.12. The maximum absolute atomic E-state index is 5.48. The van der Waals surface area contributed by atoms with Gasteiger partial charge in [0.05, 0.1) is 0 Å². The molecule has 0 aromatic carbocycles. The molecule has 1 aromatic heterocycles. The van der Waals surface area contributed by atoms with Crippen LogP contribution >= 0.6 is 0 Å². The summed E-state index contributed by atoms with van der Waals surface area (Å²) in [5, 5.41) is 4.18. The third-order valence-corrected chi connectivity index (χ3v) is 4.13. The Morgan fingerprint density at radius 1 is 1.21 bits per heavy atom. The van der Waals surface area contributed by atoms with E-state index in [-0.39, 0.29) is 0 Å². The molecule has 1 aliphatic rings. The van der Waals surface area contributed by atoms with E-state index in [1.807, 2.05) is 0 Å². The van der Waals surface area contributed by atoms with Gasteiger partial charge < -0.3 is 10.3 Å². The van der Waals surface area contributed by atoms with E-state index in [4.69, 9.17) is 10.3 Å². The maximum Gasteiger partial charge on any atom is 0.226 e. The van der Waals surface area contributed by atoms with Gasteiger partial charge in [0.15, 0.2) is 5.82 Å². The van der Waals surface area contributed by atoms with Gasteiger partial charge in [-0.25, -0.2) is 0 Å². The Balaban J connectivity index is 1.75. The molecule has 0 spiro atoms. The van der Waals surface area contributed by atoms with Crippen molar-refractivity contribution < 1.29 is 4.52 Å². The molecule has 108 valence electrons. The monoisotopic (exact) mass is 265 g/mol. The standard InChI is InChI=1S/C15H27N3O/c1-12-7-6-8-13(11-12)15-17-14(19-18-15)9-4-2-3-5-10-16/h12-13H,2-11,16H2,1H3. The van der Waals surface area contributed by atoms with Crippen LogP contribution in [0.2, 0.25) is 0 Å². The Labute approximate surface area is 116 Å². The fourth-order valence-corrected chi connectivity index (χ4v) is 2.98. The fraction of sp³-hybridized carbons (Fsp3) is 0.867. The quantitative estimate of drug-likeness (QED) is 0.767. The second-order valence-corrected chi connectivity index (χ2v) is 5.97. The number of hydrogen-bond acceptors (Lipinski definition) is 4. The first kappa shape index (κ1) is 14.5. The van der Waals surface area contributed by atoms with Crippen molar-refractivity contribution >= 4 is 0 Å². The van der Waals surface area contributed by atoms with E-state index in [1.54, 1.807) is 0 Å². The molecule has 0 bridgehead atoms. The minimum absolute atomic E-state index is 0.526. The summed E-state index contributed by atoms with van der Waals surface area (Å²) >= 11 is 0. The van der Waals surface area contributed by atoms with Crippen LogP contribution in [0.5, 0.6) is 0 Å². The van der Waals surface area contributed by atoms with Gasteiger partial charge in [0, 0.05) is 12.3 Å². The number of rotatable bonds is 7. The summed E-state index contributed by atoms with van der Waals surface area (Å²) in [5.41, 5.74) is 5.48. The summed E-state index contributed by atoms with van der Waals surface area (Å²) < 4.78 is 5.37. The molecule has 19 heavy (non-hydrogen) atoms. The molecule has 0 radical (unpaired) electrons. The molecular weight excluding hydrogens is 238 g/mol. The van der Waals surface area contributed by atoms with Crippen LogP contribution < -0.4 is 5.73 Å². The Morgan fingerprint density at radius 3 is 2.84 bits per heavy atom. The summed E-state index contributed by atoms with van der Waals surface area (Å²) in [6.45, 7) is 3.12. The number of nitrogens with two attached hydrogens (primary N) is 1. The molecule has 2 rings (SSSR count). The van der Waals surface area contributed by atoms with Crippen LogP contribution in [0.25, 0.3) is 0 Å². The zero-order valence-electron chi connectivity index (χ0n) is 12.1. The second-order valence-electron chi connectivity index (χ2n) is 5.97. The van der Waals surface area contributed by atoms with E-state index in [0.717, 1.165) is 43.4 Å². The zero-order chi connectivity index (χ0) is 13.5. The van der Waals surface area contributed by atoms with Gasteiger partial charge in [0.25, 0.3) is 0 Å². The molecule has 1 fully saturated rings. The lowest BCUT2D eigenvalue weighted by Gasteiger charge is -2.23. The summed E-state index contributed by atoms with van der Waals surface area (Å²) in [4.78, 5) is 4.58. The molecule has 2 atom stereocenters. The Kier molecular flexibility index (Phi) is 5.83. The first-order valence-corrected chi connectivity index (χ1v) is 7.82. The number of nitrogens with zero attached hydrogens (tertiary/aromatic N) is 2. The van der Waals surface area contributed by atoms with Gasteiger partial charge in [0.1, 0.15) is 0 Å². The highest BCUT2D eigenvalue weighted by atomic mass is 16.5. The van der Waals surface area contributed by atoms with Gasteiger partial charge in [-0.05, 0) is 38.1 Å². The molecule has 4 nitrogen and oxygen atoms in total. The molecule has 0 saturated heterocycles. The normalized spacial score (nSPS) is 23.7. The van der Waals surface area contributed by atoms with Gasteiger partial charge in [-0.1, -0.05) is 37.8 Å². The number of aromatic nitrogens is 2. The SMILES string of the molecule is CC1CCCC(c2noc(CCCCCCN)n2)C1. The van der Waals surface area contributed by atoms with Crippen LogP contribution in [0.15, 0.2) is 4.52 Å². The molecule has 0 amide bonds. The van der Waals surface area contributed by atoms with Crippen molar-refractivity contribution in [3.8, 4) is 0 Å². The van der Waals surface area contributed by atoms with Crippen LogP contribution in [0.3, 0.4) is 0 Å². The summed E-state index contributed by atoms with van der Waals surface area (Å²) in [5.74, 6) is 3.10. The Hall–Kier alpha value is -0.900.